The fraction of sp³-hybridized carbons (Fsp3) is 0.833. The Bertz CT molecular complexity index is 159. The van der Waals surface area contributed by atoms with Crippen molar-refractivity contribution in [1.82, 2.24) is 0 Å². The Hall–Kier alpha value is -0.520. The Morgan fingerprint density at radius 3 is 2.67 bits per heavy atom. The highest BCUT2D eigenvalue weighted by Gasteiger charge is 2.37. The van der Waals surface area contributed by atoms with Crippen LogP contribution in [0.1, 0.15) is 12.8 Å². The number of amides is 1. The smallest absolute Gasteiger partial charge is 0.407 e. The van der Waals surface area contributed by atoms with Crippen molar-refractivity contribution in [2.24, 2.45) is 11.5 Å². The lowest BCUT2D eigenvalue weighted by Gasteiger charge is -2.24. The van der Waals surface area contributed by atoms with Gasteiger partial charge in [0.05, 0.1) is 13.2 Å². The first-order valence-corrected chi connectivity index (χ1v) is 3.51. The highest BCUT2D eigenvalue weighted by atomic mass is 35.5. The molecule has 0 radical (unpaired) electrons. The monoisotopic (exact) mass is 196 g/mol. The molecule has 1 saturated heterocycles. The molecule has 0 aromatic heterocycles. The van der Waals surface area contributed by atoms with Gasteiger partial charge in [-0.1, -0.05) is 0 Å². The molecule has 0 bridgehead atoms. The molecule has 12 heavy (non-hydrogen) atoms. The van der Waals surface area contributed by atoms with E-state index in [4.69, 9.17) is 20.9 Å². The Kier molecular flexibility index (Phi) is 4.30. The summed E-state index contributed by atoms with van der Waals surface area (Å²) in [4.78, 5) is 10.4. The largest absolute Gasteiger partial charge is 0.416 e. The maximum Gasteiger partial charge on any atom is 0.407 e. The van der Waals surface area contributed by atoms with Crippen molar-refractivity contribution in [2.75, 3.05) is 13.2 Å². The van der Waals surface area contributed by atoms with Gasteiger partial charge >= 0.3 is 6.09 Å². The summed E-state index contributed by atoms with van der Waals surface area (Å²) in [6.07, 6.45) is 0.647. The summed E-state index contributed by atoms with van der Waals surface area (Å²) in [6, 6.07) is 0. The zero-order chi connectivity index (χ0) is 8.32. The van der Waals surface area contributed by atoms with E-state index in [9.17, 15) is 4.79 Å². The fourth-order valence-corrected chi connectivity index (χ4v) is 1.14. The van der Waals surface area contributed by atoms with Crippen molar-refractivity contribution in [3.05, 3.63) is 0 Å². The molecule has 0 aliphatic carbocycles. The van der Waals surface area contributed by atoms with Crippen molar-refractivity contribution in [3.63, 3.8) is 0 Å². The third-order valence-corrected chi connectivity index (χ3v) is 1.66. The molecular weight excluding hydrogens is 184 g/mol. The topological polar surface area (TPSA) is 87.6 Å². The van der Waals surface area contributed by atoms with Crippen LogP contribution in [0, 0.1) is 0 Å². The lowest BCUT2D eigenvalue weighted by molar-refractivity contribution is -0.161. The van der Waals surface area contributed by atoms with E-state index in [1.165, 1.54) is 0 Å². The highest BCUT2D eigenvalue weighted by Crippen LogP contribution is 2.25. The van der Waals surface area contributed by atoms with Gasteiger partial charge in [-0.05, 0) is 6.42 Å². The van der Waals surface area contributed by atoms with Crippen LogP contribution >= 0.6 is 12.4 Å². The van der Waals surface area contributed by atoms with Crippen molar-refractivity contribution in [1.29, 1.82) is 0 Å². The molecule has 1 atom stereocenters. The number of nitrogens with two attached hydrogens (primary N) is 2. The van der Waals surface area contributed by atoms with E-state index < -0.39 is 11.9 Å². The Morgan fingerprint density at radius 2 is 2.33 bits per heavy atom. The quantitative estimate of drug-likeness (QED) is 0.649. The number of primary amides is 1. The molecule has 6 heteroatoms. The number of hydrogen-bond acceptors (Lipinski definition) is 4. The van der Waals surface area contributed by atoms with Crippen molar-refractivity contribution in [2.45, 2.75) is 18.6 Å². The molecule has 1 fully saturated rings. The van der Waals surface area contributed by atoms with Gasteiger partial charge in [-0.2, -0.15) is 0 Å². The summed E-state index contributed by atoms with van der Waals surface area (Å²) in [5, 5.41) is 0. The van der Waals surface area contributed by atoms with Gasteiger partial charge in [0, 0.05) is 6.42 Å². The molecule has 1 aliphatic rings. The Labute approximate surface area is 76.8 Å². The van der Waals surface area contributed by atoms with Gasteiger partial charge in [0.1, 0.15) is 0 Å². The molecule has 72 valence electrons. The molecule has 0 spiro atoms. The average Bonchev–Trinajstić information content (AvgIpc) is 2.36. The number of rotatable bonds is 2. The van der Waals surface area contributed by atoms with E-state index >= 15 is 0 Å². The summed E-state index contributed by atoms with van der Waals surface area (Å²) in [5.41, 5.74) is 10.2. The van der Waals surface area contributed by atoms with Gasteiger partial charge in [0.25, 0.3) is 0 Å². The van der Waals surface area contributed by atoms with Crippen LogP contribution in [-0.2, 0) is 9.47 Å². The first kappa shape index (κ1) is 11.5. The van der Waals surface area contributed by atoms with Crippen LogP contribution in [0.4, 0.5) is 4.79 Å². The zero-order valence-corrected chi connectivity index (χ0v) is 7.43. The van der Waals surface area contributed by atoms with E-state index in [0.717, 1.165) is 6.42 Å². The van der Waals surface area contributed by atoms with Crippen molar-refractivity contribution >= 4 is 18.5 Å². The second-order valence-corrected chi connectivity index (χ2v) is 2.49. The van der Waals surface area contributed by atoms with Gasteiger partial charge in [0.15, 0.2) is 0 Å². The molecule has 0 saturated carbocycles. The Morgan fingerprint density at radius 1 is 1.67 bits per heavy atom. The van der Waals surface area contributed by atoms with Crippen molar-refractivity contribution in [3.8, 4) is 0 Å². The van der Waals surface area contributed by atoms with Gasteiger partial charge in [-0.15, -0.1) is 12.4 Å². The zero-order valence-electron chi connectivity index (χ0n) is 6.62. The minimum atomic E-state index is -0.939. The van der Waals surface area contributed by atoms with Gasteiger partial charge < -0.3 is 20.9 Å². The van der Waals surface area contributed by atoms with Gasteiger partial charge in [0.2, 0.25) is 5.79 Å². The van der Waals surface area contributed by atoms with Crippen LogP contribution in [0.3, 0.4) is 0 Å². The number of ether oxygens (including phenoxy) is 2. The fourth-order valence-electron chi connectivity index (χ4n) is 1.14. The first-order valence-electron chi connectivity index (χ1n) is 3.51. The molecule has 4 N–H and O–H groups in total. The number of hydrogen-bond donors (Lipinski definition) is 2. The third kappa shape index (κ3) is 2.51. The maximum absolute atomic E-state index is 10.4. The summed E-state index contributed by atoms with van der Waals surface area (Å²) in [5.74, 6) is -0.939. The van der Waals surface area contributed by atoms with Crippen LogP contribution in [0.25, 0.3) is 0 Å². The van der Waals surface area contributed by atoms with Crippen LogP contribution in [0.5, 0.6) is 0 Å². The molecular formula is C6H13ClN2O3. The first-order chi connectivity index (χ1) is 5.18. The summed E-state index contributed by atoms with van der Waals surface area (Å²) in [7, 11) is 0. The predicted octanol–water partition coefficient (Wildman–Crippen LogP) is -0.0311. The highest BCUT2D eigenvalue weighted by molar-refractivity contribution is 5.85. The molecule has 1 rings (SSSR count). The maximum atomic E-state index is 10.4. The van der Waals surface area contributed by atoms with Crippen LogP contribution in [0.2, 0.25) is 0 Å². The van der Waals surface area contributed by atoms with E-state index in [2.05, 4.69) is 0 Å². The summed E-state index contributed by atoms with van der Waals surface area (Å²) >= 11 is 0. The number of carbonyl (C=O) groups excluding carboxylic acids is 1. The summed E-state index contributed by atoms with van der Waals surface area (Å²) in [6.45, 7) is 0.737. The number of halogens is 1. The Balaban J connectivity index is 0.00000121. The van der Waals surface area contributed by atoms with Crippen LogP contribution in [0.15, 0.2) is 0 Å². The second kappa shape index (κ2) is 4.49. The molecule has 1 unspecified atom stereocenters. The summed E-state index contributed by atoms with van der Waals surface area (Å²) < 4.78 is 9.89. The molecule has 1 aliphatic heterocycles. The second-order valence-electron chi connectivity index (χ2n) is 2.49. The molecule has 0 aromatic rings. The molecule has 0 aromatic carbocycles. The lowest BCUT2D eigenvalue weighted by Crippen LogP contribution is -2.43. The minimum Gasteiger partial charge on any atom is -0.416 e. The van der Waals surface area contributed by atoms with Gasteiger partial charge in [-0.25, -0.2) is 4.79 Å². The lowest BCUT2D eigenvalue weighted by atomic mass is 10.2. The molecule has 1 heterocycles. The van der Waals surface area contributed by atoms with Crippen molar-refractivity contribution < 1.29 is 14.3 Å². The predicted molar refractivity (Wildman–Crippen MR) is 44.9 cm³/mol. The van der Waals surface area contributed by atoms with E-state index in [-0.39, 0.29) is 19.0 Å². The average molecular weight is 197 g/mol. The standard InChI is InChI=1S/C6H12N2O3.ClH/c7-4-6(11-5(8)9)2-1-3-10-6;/h1-4,7H2,(H2,8,9);1H. The molecule has 1 amide bonds. The number of carbonyl (C=O) groups is 1. The normalized spacial score (nSPS) is 27.8. The molecule has 5 nitrogen and oxygen atoms in total. The minimum absolute atomic E-state index is 0. The van der Waals surface area contributed by atoms with E-state index in [1.807, 2.05) is 0 Å². The van der Waals surface area contributed by atoms with Crippen LogP contribution in [-0.4, -0.2) is 25.0 Å². The van der Waals surface area contributed by atoms with E-state index in [0.29, 0.717) is 13.0 Å². The van der Waals surface area contributed by atoms with E-state index in [1.54, 1.807) is 0 Å². The SMILES string of the molecule is Cl.NCC1(OC(N)=O)CCCO1. The van der Waals surface area contributed by atoms with Gasteiger partial charge in [-0.3, -0.25) is 0 Å². The van der Waals surface area contributed by atoms with Crippen LogP contribution < -0.4 is 11.5 Å². The third-order valence-electron chi connectivity index (χ3n) is 1.66.